The largest absolute Gasteiger partial charge is 0.508 e. The second kappa shape index (κ2) is 8.01. The summed E-state index contributed by atoms with van der Waals surface area (Å²) in [5.41, 5.74) is 6.18. The van der Waals surface area contributed by atoms with E-state index in [1.165, 1.54) is 0 Å². The van der Waals surface area contributed by atoms with Crippen LogP contribution in [-0.2, 0) is 12.8 Å². The molecule has 4 aromatic rings. The topological polar surface area (TPSA) is 40.5 Å². The van der Waals surface area contributed by atoms with E-state index in [0.717, 1.165) is 33.4 Å². The SMILES string of the molecule is Oc1ccc(-c2cc(Cc3ccccc3)c(O)c(Cc3ccccc3)c2)cc1. The zero-order valence-electron chi connectivity index (χ0n) is 15.5. The Morgan fingerprint density at radius 2 is 0.964 bits per heavy atom. The fourth-order valence-electron chi connectivity index (χ4n) is 3.48. The minimum atomic E-state index is 0.247. The quantitative estimate of drug-likeness (QED) is 0.458. The number of hydrogen-bond acceptors (Lipinski definition) is 2. The summed E-state index contributed by atoms with van der Waals surface area (Å²) < 4.78 is 0. The summed E-state index contributed by atoms with van der Waals surface area (Å²) in [6.45, 7) is 0. The Bertz CT molecular complexity index is 990. The number of benzene rings is 4. The number of aromatic hydroxyl groups is 2. The lowest BCUT2D eigenvalue weighted by Gasteiger charge is -2.14. The highest BCUT2D eigenvalue weighted by molar-refractivity contribution is 5.68. The first-order chi connectivity index (χ1) is 13.7. The van der Waals surface area contributed by atoms with E-state index < -0.39 is 0 Å². The van der Waals surface area contributed by atoms with Crippen molar-refractivity contribution >= 4 is 0 Å². The molecule has 138 valence electrons. The first-order valence-electron chi connectivity index (χ1n) is 9.41. The maximum atomic E-state index is 11.0. The molecule has 4 aromatic carbocycles. The van der Waals surface area contributed by atoms with Gasteiger partial charge in [0.05, 0.1) is 0 Å². The summed E-state index contributed by atoms with van der Waals surface area (Å²) in [7, 11) is 0. The van der Waals surface area contributed by atoms with Crippen molar-refractivity contribution in [1.82, 2.24) is 0 Å². The molecule has 0 aromatic heterocycles. The molecule has 0 aliphatic heterocycles. The van der Waals surface area contributed by atoms with Gasteiger partial charge in [0.1, 0.15) is 11.5 Å². The van der Waals surface area contributed by atoms with Crippen molar-refractivity contribution in [3.05, 3.63) is 119 Å². The van der Waals surface area contributed by atoms with Gasteiger partial charge in [0, 0.05) is 12.8 Å². The molecule has 0 aliphatic rings. The van der Waals surface area contributed by atoms with Gasteiger partial charge in [-0.05, 0) is 57.6 Å². The van der Waals surface area contributed by atoms with Gasteiger partial charge in [0.25, 0.3) is 0 Å². The molecule has 2 heteroatoms. The van der Waals surface area contributed by atoms with Crippen LogP contribution < -0.4 is 0 Å². The van der Waals surface area contributed by atoms with E-state index in [0.29, 0.717) is 18.6 Å². The maximum absolute atomic E-state index is 11.0. The zero-order valence-corrected chi connectivity index (χ0v) is 15.5. The average molecular weight is 366 g/mol. The van der Waals surface area contributed by atoms with Gasteiger partial charge < -0.3 is 10.2 Å². The van der Waals surface area contributed by atoms with Gasteiger partial charge in [-0.25, -0.2) is 0 Å². The Morgan fingerprint density at radius 1 is 0.500 bits per heavy atom. The molecule has 2 N–H and O–H groups in total. The lowest BCUT2D eigenvalue weighted by molar-refractivity contribution is 0.463. The molecule has 0 bridgehead atoms. The molecule has 0 atom stereocenters. The Morgan fingerprint density at radius 3 is 1.43 bits per heavy atom. The number of rotatable bonds is 5. The molecule has 0 amide bonds. The maximum Gasteiger partial charge on any atom is 0.122 e. The Balaban J connectivity index is 1.78. The van der Waals surface area contributed by atoms with Crippen LogP contribution in [0.1, 0.15) is 22.3 Å². The third-order valence-corrected chi connectivity index (χ3v) is 4.94. The van der Waals surface area contributed by atoms with Crippen LogP contribution in [0.25, 0.3) is 11.1 Å². The van der Waals surface area contributed by atoms with Crippen molar-refractivity contribution < 1.29 is 10.2 Å². The molecule has 0 heterocycles. The van der Waals surface area contributed by atoms with Crippen molar-refractivity contribution in [2.24, 2.45) is 0 Å². The second-order valence-corrected chi connectivity index (χ2v) is 7.01. The number of phenols is 2. The second-order valence-electron chi connectivity index (χ2n) is 7.01. The highest BCUT2D eigenvalue weighted by atomic mass is 16.3. The standard InChI is InChI=1S/C26H22O2/c27-25-13-11-21(12-14-25)22-17-23(15-19-7-3-1-4-8-19)26(28)24(18-22)16-20-9-5-2-6-10-20/h1-14,17-18,27-28H,15-16H2. The fourth-order valence-corrected chi connectivity index (χ4v) is 3.48. The molecule has 0 unspecified atom stereocenters. The lowest BCUT2D eigenvalue weighted by Crippen LogP contribution is -1.96. The van der Waals surface area contributed by atoms with E-state index in [9.17, 15) is 10.2 Å². The molecule has 0 fully saturated rings. The first kappa shape index (κ1) is 17.9. The van der Waals surface area contributed by atoms with E-state index in [2.05, 4.69) is 24.3 Å². The van der Waals surface area contributed by atoms with E-state index in [1.807, 2.05) is 60.7 Å². The van der Waals surface area contributed by atoms with Crippen molar-refractivity contribution in [2.45, 2.75) is 12.8 Å². The monoisotopic (exact) mass is 366 g/mol. The summed E-state index contributed by atoms with van der Waals surface area (Å²) in [6, 6.07) is 31.6. The molecular formula is C26H22O2. The fraction of sp³-hybridized carbons (Fsp3) is 0.0769. The molecule has 0 saturated carbocycles. The first-order valence-corrected chi connectivity index (χ1v) is 9.41. The van der Waals surface area contributed by atoms with Crippen LogP contribution in [0.5, 0.6) is 11.5 Å². The predicted molar refractivity (Wildman–Crippen MR) is 114 cm³/mol. The van der Waals surface area contributed by atoms with Gasteiger partial charge in [-0.1, -0.05) is 72.8 Å². The zero-order chi connectivity index (χ0) is 19.3. The normalized spacial score (nSPS) is 10.7. The van der Waals surface area contributed by atoms with Crippen LogP contribution in [0.3, 0.4) is 0 Å². The minimum Gasteiger partial charge on any atom is -0.508 e. The summed E-state index contributed by atoms with van der Waals surface area (Å²) in [4.78, 5) is 0. The highest BCUT2D eigenvalue weighted by Crippen LogP contribution is 2.33. The van der Waals surface area contributed by atoms with Crippen LogP contribution in [0, 0.1) is 0 Å². The van der Waals surface area contributed by atoms with E-state index in [1.54, 1.807) is 12.1 Å². The minimum absolute atomic E-state index is 0.247. The summed E-state index contributed by atoms with van der Waals surface area (Å²) in [5, 5.41) is 20.6. The van der Waals surface area contributed by atoms with Crippen LogP contribution in [0.4, 0.5) is 0 Å². The Hall–Kier alpha value is -3.52. The van der Waals surface area contributed by atoms with Gasteiger partial charge >= 0.3 is 0 Å². The number of hydrogen-bond donors (Lipinski definition) is 2. The molecule has 0 saturated heterocycles. The van der Waals surface area contributed by atoms with Crippen molar-refractivity contribution in [1.29, 1.82) is 0 Å². The number of phenolic OH excluding ortho intramolecular Hbond substituents is 2. The summed E-state index contributed by atoms with van der Waals surface area (Å²) in [5.74, 6) is 0.604. The Labute approximate surface area is 165 Å². The molecule has 4 rings (SSSR count). The van der Waals surface area contributed by atoms with Gasteiger partial charge in [0.2, 0.25) is 0 Å². The van der Waals surface area contributed by atoms with Gasteiger partial charge in [-0.15, -0.1) is 0 Å². The molecule has 0 spiro atoms. The summed E-state index contributed by atoms with van der Waals surface area (Å²) in [6.07, 6.45) is 1.33. The lowest BCUT2D eigenvalue weighted by atomic mass is 9.92. The van der Waals surface area contributed by atoms with Crippen molar-refractivity contribution in [2.75, 3.05) is 0 Å². The van der Waals surface area contributed by atoms with Crippen LogP contribution in [0.15, 0.2) is 97.1 Å². The van der Waals surface area contributed by atoms with Gasteiger partial charge in [-0.2, -0.15) is 0 Å². The molecule has 2 nitrogen and oxygen atoms in total. The Kier molecular flexibility index (Phi) is 5.11. The third kappa shape index (κ3) is 4.07. The van der Waals surface area contributed by atoms with Gasteiger partial charge in [0.15, 0.2) is 0 Å². The van der Waals surface area contributed by atoms with Crippen molar-refractivity contribution in [3.8, 4) is 22.6 Å². The smallest absolute Gasteiger partial charge is 0.122 e. The summed E-state index contributed by atoms with van der Waals surface area (Å²) >= 11 is 0. The average Bonchev–Trinajstić information content (AvgIpc) is 2.73. The van der Waals surface area contributed by atoms with Crippen LogP contribution >= 0.6 is 0 Å². The highest BCUT2D eigenvalue weighted by Gasteiger charge is 2.13. The molecular weight excluding hydrogens is 344 g/mol. The predicted octanol–water partition coefficient (Wildman–Crippen LogP) is 5.95. The molecule has 0 aliphatic carbocycles. The van der Waals surface area contributed by atoms with Crippen molar-refractivity contribution in [3.63, 3.8) is 0 Å². The van der Waals surface area contributed by atoms with E-state index in [-0.39, 0.29) is 5.75 Å². The third-order valence-electron chi connectivity index (χ3n) is 4.94. The molecule has 28 heavy (non-hydrogen) atoms. The van der Waals surface area contributed by atoms with E-state index in [4.69, 9.17) is 0 Å². The molecule has 0 radical (unpaired) electrons. The van der Waals surface area contributed by atoms with Crippen LogP contribution in [0.2, 0.25) is 0 Å². The van der Waals surface area contributed by atoms with Crippen LogP contribution in [-0.4, -0.2) is 10.2 Å². The van der Waals surface area contributed by atoms with E-state index >= 15 is 0 Å². The van der Waals surface area contributed by atoms with Gasteiger partial charge in [-0.3, -0.25) is 0 Å².